The highest BCUT2D eigenvalue weighted by atomic mass is 16.5. The van der Waals surface area contributed by atoms with Gasteiger partial charge in [-0.2, -0.15) is 0 Å². The van der Waals surface area contributed by atoms with Crippen LogP contribution in [0.1, 0.15) is 40.0 Å². The minimum atomic E-state index is 0.0702. The van der Waals surface area contributed by atoms with Gasteiger partial charge in [-0.05, 0) is 26.7 Å². The molecule has 2 unspecified atom stereocenters. The van der Waals surface area contributed by atoms with E-state index >= 15 is 0 Å². The fraction of sp³-hybridized carbons (Fsp3) is 0.875. The standard InChI is InChI=1S/C16H32N4O2/c1-5-13(3)19-15(21)7-9-18-16(17-6-2)20(4)11-14-8-10-22-12-14/h13-14H,5-12H2,1-4H3,(H,17,18)(H,19,21). The maximum Gasteiger partial charge on any atom is 0.222 e. The highest BCUT2D eigenvalue weighted by Crippen LogP contribution is 2.13. The summed E-state index contributed by atoms with van der Waals surface area (Å²) in [4.78, 5) is 18.5. The second kappa shape index (κ2) is 10.4. The molecule has 22 heavy (non-hydrogen) atoms. The van der Waals surface area contributed by atoms with Crippen molar-refractivity contribution in [2.75, 3.05) is 39.9 Å². The van der Waals surface area contributed by atoms with Gasteiger partial charge in [0.25, 0.3) is 0 Å². The summed E-state index contributed by atoms with van der Waals surface area (Å²) in [5.41, 5.74) is 0. The average Bonchev–Trinajstić information content (AvgIpc) is 2.99. The van der Waals surface area contributed by atoms with E-state index in [4.69, 9.17) is 4.74 Å². The maximum absolute atomic E-state index is 11.8. The van der Waals surface area contributed by atoms with Gasteiger partial charge in [0, 0.05) is 45.1 Å². The molecule has 2 N–H and O–H groups in total. The van der Waals surface area contributed by atoms with Crippen molar-refractivity contribution >= 4 is 11.9 Å². The molecule has 0 bridgehead atoms. The minimum absolute atomic E-state index is 0.0702. The quantitative estimate of drug-likeness (QED) is 0.522. The van der Waals surface area contributed by atoms with Crippen molar-refractivity contribution in [3.63, 3.8) is 0 Å². The summed E-state index contributed by atoms with van der Waals surface area (Å²) in [5, 5.41) is 6.25. The number of guanidine groups is 1. The Morgan fingerprint density at radius 2 is 2.23 bits per heavy atom. The van der Waals surface area contributed by atoms with E-state index in [1.54, 1.807) is 0 Å². The normalized spacial score (nSPS) is 19.8. The smallest absolute Gasteiger partial charge is 0.222 e. The molecule has 1 heterocycles. The van der Waals surface area contributed by atoms with E-state index in [9.17, 15) is 4.79 Å². The lowest BCUT2D eigenvalue weighted by atomic mass is 10.1. The van der Waals surface area contributed by atoms with Crippen LogP contribution in [-0.2, 0) is 9.53 Å². The topological polar surface area (TPSA) is 66.0 Å². The number of nitrogens with one attached hydrogen (secondary N) is 2. The second-order valence-electron chi connectivity index (χ2n) is 5.97. The van der Waals surface area contributed by atoms with Gasteiger partial charge in [0.1, 0.15) is 0 Å². The number of ether oxygens (including phenoxy) is 1. The molecule has 2 atom stereocenters. The van der Waals surface area contributed by atoms with E-state index in [1.807, 2.05) is 14.0 Å². The van der Waals surface area contributed by atoms with Crippen molar-refractivity contribution in [2.24, 2.45) is 10.9 Å². The van der Waals surface area contributed by atoms with Gasteiger partial charge >= 0.3 is 0 Å². The van der Waals surface area contributed by atoms with E-state index in [2.05, 4.69) is 34.4 Å². The van der Waals surface area contributed by atoms with Crippen LogP contribution in [0.4, 0.5) is 0 Å². The first-order valence-electron chi connectivity index (χ1n) is 8.43. The first-order chi connectivity index (χ1) is 10.6. The number of nitrogens with zero attached hydrogens (tertiary/aromatic N) is 2. The maximum atomic E-state index is 11.8. The average molecular weight is 312 g/mol. The molecule has 1 saturated heterocycles. The van der Waals surface area contributed by atoms with Crippen LogP contribution in [0.15, 0.2) is 4.99 Å². The van der Waals surface area contributed by atoms with Crippen molar-refractivity contribution in [2.45, 2.75) is 46.1 Å². The predicted octanol–water partition coefficient (Wildman–Crippen LogP) is 1.23. The lowest BCUT2D eigenvalue weighted by Gasteiger charge is -2.24. The van der Waals surface area contributed by atoms with Gasteiger partial charge in [-0.3, -0.25) is 9.79 Å². The zero-order chi connectivity index (χ0) is 16.4. The summed E-state index contributed by atoms with van der Waals surface area (Å²) in [7, 11) is 2.04. The van der Waals surface area contributed by atoms with Crippen LogP contribution in [0.3, 0.4) is 0 Å². The number of hydrogen-bond acceptors (Lipinski definition) is 3. The molecular weight excluding hydrogens is 280 g/mol. The van der Waals surface area contributed by atoms with E-state index in [1.165, 1.54) is 0 Å². The SMILES string of the molecule is CCNC(=NCCC(=O)NC(C)CC)N(C)CC1CCOC1. The van der Waals surface area contributed by atoms with Gasteiger partial charge in [-0.15, -0.1) is 0 Å². The first-order valence-corrected chi connectivity index (χ1v) is 8.43. The number of hydrogen-bond donors (Lipinski definition) is 2. The highest BCUT2D eigenvalue weighted by Gasteiger charge is 2.19. The molecule has 6 heteroatoms. The number of carbonyl (C=O) groups is 1. The summed E-state index contributed by atoms with van der Waals surface area (Å²) < 4.78 is 5.42. The number of carbonyl (C=O) groups excluding carboxylic acids is 1. The Balaban J connectivity index is 2.41. The zero-order valence-corrected chi connectivity index (χ0v) is 14.5. The Kier molecular flexibility index (Phi) is 8.89. The fourth-order valence-corrected chi connectivity index (χ4v) is 2.38. The molecule has 1 rings (SSSR count). The Hall–Kier alpha value is -1.30. The lowest BCUT2D eigenvalue weighted by Crippen LogP contribution is -2.41. The molecular formula is C16H32N4O2. The Bertz CT molecular complexity index is 354. The third kappa shape index (κ3) is 7.11. The number of rotatable bonds is 8. The number of amides is 1. The van der Waals surface area contributed by atoms with E-state index in [0.717, 1.165) is 45.1 Å². The first kappa shape index (κ1) is 18.7. The van der Waals surface area contributed by atoms with Gasteiger partial charge in [0.05, 0.1) is 13.2 Å². The van der Waals surface area contributed by atoms with Crippen LogP contribution >= 0.6 is 0 Å². The minimum Gasteiger partial charge on any atom is -0.381 e. The third-order valence-corrected chi connectivity index (χ3v) is 3.87. The summed E-state index contributed by atoms with van der Waals surface area (Å²) in [6, 6.07) is 0.231. The van der Waals surface area contributed by atoms with Crippen molar-refractivity contribution < 1.29 is 9.53 Å². The molecule has 0 saturated carbocycles. The second-order valence-corrected chi connectivity index (χ2v) is 5.97. The van der Waals surface area contributed by atoms with Crippen LogP contribution in [0.5, 0.6) is 0 Å². The Morgan fingerprint density at radius 1 is 1.45 bits per heavy atom. The van der Waals surface area contributed by atoms with Crippen molar-refractivity contribution in [3.05, 3.63) is 0 Å². The summed E-state index contributed by atoms with van der Waals surface area (Å²) in [5.74, 6) is 1.51. The van der Waals surface area contributed by atoms with Crippen molar-refractivity contribution in [1.82, 2.24) is 15.5 Å². The molecule has 128 valence electrons. The molecule has 6 nitrogen and oxygen atoms in total. The molecule has 0 aliphatic carbocycles. The largest absolute Gasteiger partial charge is 0.381 e. The van der Waals surface area contributed by atoms with E-state index in [-0.39, 0.29) is 11.9 Å². The zero-order valence-electron chi connectivity index (χ0n) is 14.5. The van der Waals surface area contributed by atoms with Crippen molar-refractivity contribution in [3.8, 4) is 0 Å². The van der Waals surface area contributed by atoms with Crippen LogP contribution in [0.2, 0.25) is 0 Å². The molecule has 0 spiro atoms. The van der Waals surface area contributed by atoms with Gasteiger partial charge in [-0.1, -0.05) is 6.92 Å². The molecule has 0 aromatic rings. The molecule has 0 aromatic carbocycles. The highest BCUT2D eigenvalue weighted by molar-refractivity contribution is 5.80. The van der Waals surface area contributed by atoms with Crippen LogP contribution in [-0.4, -0.2) is 62.7 Å². The van der Waals surface area contributed by atoms with Crippen molar-refractivity contribution in [1.29, 1.82) is 0 Å². The Morgan fingerprint density at radius 3 is 2.82 bits per heavy atom. The summed E-state index contributed by atoms with van der Waals surface area (Å²) in [6.07, 6.45) is 2.49. The third-order valence-electron chi connectivity index (χ3n) is 3.87. The molecule has 0 aromatic heterocycles. The van der Waals surface area contributed by atoms with Gasteiger partial charge < -0.3 is 20.3 Å². The molecule has 1 fully saturated rings. The monoisotopic (exact) mass is 312 g/mol. The van der Waals surface area contributed by atoms with Crippen LogP contribution in [0, 0.1) is 5.92 Å². The Labute approximate surface area is 134 Å². The van der Waals surface area contributed by atoms with E-state index in [0.29, 0.717) is 18.9 Å². The van der Waals surface area contributed by atoms with Gasteiger partial charge in [0.15, 0.2) is 5.96 Å². The number of aliphatic imine (C=N–C) groups is 1. The van der Waals surface area contributed by atoms with E-state index < -0.39 is 0 Å². The summed E-state index contributed by atoms with van der Waals surface area (Å²) >= 11 is 0. The van der Waals surface area contributed by atoms with Crippen LogP contribution < -0.4 is 10.6 Å². The van der Waals surface area contributed by atoms with Gasteiger partial charge in [0.2, 0.25) is 5.91 Å². The summed E-state index contributed by atoms with van der Waals surface area (Å²) in [6.45, 7) is 10.1. The molecule has 0 radical (unpaired) electrons. The fourth-order valence-electron chi connectivity index (χ4n) is 2.38. The lowest BCUT2D eigenvalue weighted by molar-refractivity contribution is -0.121. The predicted molar refractivity (Wildman–Crippen MR) is 90.0 cm³/mol. The van der Waals surface area contributed by atoms with Gasteiger partial charge in [-0.25, -0.2) is 0 Å². The molecule has 1 amide bonds. The molecule has 1 aliphatic heterocycles. The molecule has 1 aliphatic rings. The van der Waals surface area contributed by atoms with Crippen LogP contribution in [0.25, 0.3) is 0 Å².